The molecule has 2 aromatic heterocycles. The minimum Gasteiger partial charge on any atom is -0.455 e. The van der Waals surface area contributed by atoms with E-state index in [1.54, 1.807) is 0 Å². The van der Waals surface area contributed by atoms with Crippen molar-refractivity contribution in [3.05, 3.63) is 222 Å². The Morgan fingerprint density at radius 1 is 0.362 bits per heavy atom. The second-order valence-corrected chi connectivity index (χ2v) is 15.1. The predicted octanol–water partition coefficient (Wildman–Crippen LogP) is 13.4. The number of benzene rings is 9. The zero-order valence-electron chi connectivity index (χ0n) is 31.3. The van der Waals surface area contributed by atoms with E-state index in [1.807, 2.05) is 18.2 Å². The minimum atomic E-state index is -0.558. The van der Waals surface area contributed by atoms with E-state index in [9.17, 15) is 0 Å². The smallest absolute Gasteiger partial charge is 0.167 e. The summed E-state index contributed by atoms with van der Waals surface area (Å²) in [7, 11) is 0. The number of para-hydroxylation sites is 2. The minimum absolute atomic E-state index is 0.557. The Labute approximate surface area is 334 Å². The van der Waals surface area contributed by atoms with Crippen LogP contribution in [0, 0.1) is 0 Å². The summed E-state index contributed by atoms with van der Waals surface area (Å²) in [5.74, 6) is 1.76. The first-order chi connectivity index (χ1) is 28.8. The molecule has 0 aliphatic heterocycles. The first-order valence-corrected chi connectivity index (χ1v) is 19.7. The average Bonchev–Trinajstić information content (AvgIpc) is 3.83. The van der Waals surface area contributed by atoms with Gasteiger partial charge in [0, 0.05) is 27.3 Å². The summed E-state index contributed by atoms with van der Waals surface area (Å²) in [6.07, 6.45) is 0. The first kappa shape index (κ1) is 32.5. The summed E-state index contributed by atoms with van der Waals surface area (Å²) in [6, 6.07) is 71.0. The van der Waals surface area contributed by atoms with Crippen molar-refractivity contribution in [2.75, 3.05) is 0 Å². The normalized spacial score (nSPS) is 13.0. The Hall–Kier alpha value is -7.69. The van der Waals surface area contributed by atoms with E-state index in [2.05, 4.69) is 182 Å². The van der Waals surface area contributed by atoms with Crippen molar-refractivity contribution >= 4 is 43.5 Å². The Balaban J connectivity index is 1.14. The molecule has 0 saturated carbocycles. The third-order valence-electron chi connectivity index (χ3n) is 12.0. The molecule has 0 radical (unpaired) electrons. The van der Waals surface area contributed by atoms with Crippen molar-refractivity contribution in [2.24, 2.45) is 0 Å². The van der Waals surface area contributed by atoms with E-state index in [0.29, 0.717) is 17.5 Å². The summed E-state index contributed by atoms with van der Waals surface area (Å²) >= 11 is 0. The lowest BCUT2D eigenvalue weighted by atomic mass is 9.67. The van der Waals surface area contributed by atoms with E-state index in [-0.39, 0.29) is 0 Å². The van der Waals surface area contributed by atoms with E-state index < -0.39 is 5.41 Å². The first-order valence-electron chi connectivity index (χ1n) is 19.7. The van der Waals surface area contributed by atoms with Crippen molar-refractivity contribution in [1.82, 2.24) is 15.0 Å². The van der Waals surface area contributed by atoms with Crippen molar-refractivity contribution in [1.29, 1.82) is 0 Å². The molecule has 4 nitrogen and oxygen atoms in total. The van der Waals surface area contributed by atoms with Crippen molar-refractivity contribution in [2.45, 2.75) is 5.41 Å². The van der Waals surface area contributed by atoms with Crippen LogP contribution in [-0.2, 0) is 5.41 Å². The maximum absolute atomic E-state index is 6.57. The van der Waals surface area contributed by atoms with E-state index in [4.69, 9.17) is 19.4 Å². The van der Waals surface area contributed by atoms with Crippen LogP contribution in [-0.4, -0.2) is 15.0 Å². The average molecular weight is 740 g/mol. The number of nitrogens with zero attached hydrogens (tertiary/aromatic N) is 3. The SMILES string of the molecule is c1ccc(C2(c3cccc(-c4nc(-c5cccc6c5oc5ccccc56)nc(-c5cccc6ccc7ccccc7c56)n4)c3)c3ccccc3-c3ccccc32)cc1. The maximum Gasteiger partial charge on any atom is 0.167 e. The second kappa shape index (κ2) is 12.7. The van der Waals surface area contributed by atoms with Crippen molar-refractivity contribution in [3.8, 4) is 45.3 Å². The molecule has 0 bridgehead atoms. The lowest BCUT2D eigenvalue weighted by molar-refractivity contribution is 0.669. The van der Waals surface area contributed by atoms with Gasteiger partial charge in [0.05, 0.1) is 11.0 Å². The molecule has 0 spiro atoms. The second-order valence-electron chi connectivity index (χ2n) is 15.1. The molecule has 58 heavy (non-hydrogen) atoms. The molecule has 1 aliphatic carbocycles. The van der Waals surface area contributed by atoms with E-state index in [1.165, 1.54) is 33.2 Å². The van der Waals surface area contributed by atoms with Crippen LogP contribution in [0.3, 0.4) is 0 Å². The van der Waals surface area contributed by atoms with Crippen LogP contribution < -0.4 is 0 Å². The van der Waals surface area contributed by atoms with E-state index in [0.717, 1.165) is 60.4 Å². The molecule has 270 valence electrons. The molecule has 1 aliphatic rings. The number of furan rings is 1. The highest BCUT2D eigenvalue weighted by atomic mass is 16.3. The fourth-order valence-corrected chi connectivity index (χ4v) is 9.52. The van der Waals surface area contributed by atoms with Gasteiger partial charge in [0.15, 0.2) is 17.5 Å². The summed E-state index contributed by atoms with van der Waals surface area (Å²) in [6.45, 7) is 0. The topological polar surface area (TPSA) is 51.8 Å². The van der Waals surface area contributed by atoms with E-state index >= 15 is 0 Å². The fraction of sp³-hybridized carbons (Fsp3) is 0.0185. The van der Waals surface area contributed by atoms with Gasteiger partial charge in [0.25, 0.3) is 0 Å². The highest BCUT2D eigenvalue weighted by Gasteiger charge is 2.46. The third-order valence-corrected chi connectivity index (χ3v) is 12.0. The number of aromatic nitrogens is 3. The van der Waals surface area contributed by atoms with Gasteiger partial charge in [0.2, 0.25) is 0 Å². The van der Waals surface area contributed by atoms with Crippen molar-refractivity contribution < 1.29 is 4.42 Å². The molecule has 0 amide bonds. The Morgan fingerprint density at radius 3 is 1.74 bits per heavy atom. The molecule has 2 heterocycles. The van der Waals surface area contributed by atoms with Gasteiger partial charge in [-0.1, -0.05) is 182 Å². The van der Waals surface area contributed by atoms with Crippen LogP contribution >= 0.6 is 0 Å². The van der Waals surface area contributed by atoms with Crippen LogP contribution in [0.1, 0.15) is 22.3 Å². The molecular formula is C54H33N3O. The highest BCUT2D eigenvalue weighted by Crippen LogP contribution is 2.56. The number of hydrogen-bond donors (Lipinski definition) is 0. The predicted molar refractivity (Wildman–Crippen MR) is 236 cm³/mol. The Morgan fingerprint density at radius 2 is 0.914 bits per heavy atom. The van der Waals surface area contributed by atoms with Crippen LogP contribution in [0.25, 0.3) is 88.8 Å². The quantitative estimate of drug-likeness (QED) is 0.165. The molecule has 12 rings (SSSR count). The fourth-order valence-electron chi connectivity index (χ4n) is 9.52. The number of hydrogen-bond acceptors (Lipinski definition) is 4. The molecule has 0 N–H and O–H groups in total. The summed E-state index contributed by atoms with van der Waals surface area (Å²) in [4.78, 5) is 16.0. The van der Waals surface area contributed by atoms with Gasteiger partial charge in [-0.15, -0.1) is 0 Å². The number of fused-ring (bicyclic) bond motifs is 9. The van der Waals surface area contributed by atoms with Crippen molar-refractivity contribution in [3.63, 3.8) is 0 Å². The summed E-state index contributed by atoms with van der Waals surface area (Å²) in [5.41, 5.74) is 11.1. The standard InChI is InChI=1S/C54H33N3O/c1-2-18-37(19-3-1)54(46-28-9-6-22-40(46)41-23-7-10-29-47(41)54)38-20-12-17-36(33-38)51-55-52(44-26-13-16-35-32-31-34-15-4-5-21-39(34)49(35)44)57-53(56-51)45-27-14-25-43-42-24-8-11-30-48(42)58-50(43)45/h1-33H. The van der Waals surface area contributed by atoms with Gasteiger partial charge < -0.3 is 4.42 Å². The molecule has 0 unspecified atom stereocenters. The van der Waals surface area contributed by atoms with Gasteiger partial charge in [-0.3, -0.25) is 0 Å². The third kappa shape index (κ3) is 4.72. The lowest BCUT2D eigenvalue weighted by Gasteiger charge is -2.34. The van der Waals surface area contributed by atoms with Crippen LogP contribution in [0.2, 0.25) is 0 Å². The van der Waals surface area contributed by atoms with Crippen LogP contribution in [0.15, 0.2) is 205 Å². The Bertz CT molecular complexity index is 3370. The largest absolute Gasteiger partial charge is 0.455 e. The van der Waals surface area contributed by atoms with Gasteiger partial charge >= 0.3 is 0 Å². The zero-order valence-corrected chi connectivity index (χ0v) is 31.3. The summed E-state index contributed by atoms with van der Waals surface area (Å²) in [5, 5.41) is 6.65. The molecule has 11 aromatic rings. The zero-order chi connectivity index (χ0) is 38.2. The van der Waals surface area contributed by atoms with Gasteiger partial charge in [-0.25, -0.2) is 15.0 Å². The molecule has 0 atom stereocenters. The van der Waals surface area contributed by atoms with Gasteiger partial charge in [-0.2, -0.15) is 0 Å². The molecule has 0 fully saturated rings. The number of rotatable bonds is 5. The highest BCUT2D eigenvalue weighted by molar-refractivity contribution is 6.14. The molecule has 9 aromatic carbocycles. The lowest BCUT2D eigenvalue weighted by Crippen LogP contribution is -2.28. The van der Waals surface area contributed by atoms with Gasteiger partial charge in [-0.05, 0) is 67.7 Å². The van der Waals surface area contributed by atoms with Crippen LogP contribution in [0.4, 0.5) is 0 Å². The monoisotopic (exact) mass is 739 g/mol. The molecule has 4 heteroatoms. The van der Waals surface area contributed by atoms with Gasteiger partial charge in [0.1, 0.15) is 11.2 Å². The molecular weight excluding hydrogens is 707 g/mol. The summed E-state index contributed by atoms with van der Waals surface area (Å²) < 4.78 is 6.57. The molecule has 0 saturated heterocycles. The van der Waals surface area contributed by atoms with Crippen LogP contribution in [0.5, 0.6) is 0 Å². The maximum atomic E-state index is 6.57. The Kier molecular flexibility index (Phi) is 7.11.